The number of nitrogens with zero attached hydrogens (tertiary/aromatic N) is 4. The lowest BCUT2D eigenvalue weighted by molar-refractivity contribution is -0.0273. The monoisotopic (exact) mass is 598 g/mol. The van der Waals surface area contributed by atoms with Gasteiger partial charge in [-0.1, -0.05) is 6.07 Å². The van der Waals surface area contributed by atoms with Gasteiger partial charge in [0.15, 0.2) is 0 Å². The molecule has 0 saturated carbocycles. The highest BCUT2D eigenvalue weighted by Crippen LogP contribution is 2.36. The number of anilines is 2. The maximum atomic E-state index is 14.3. The molecule has 0 amide bonds. The molecule has 10 nitrogen and oxygen atoms in total. The van der Waals surface area contributed by atoms with Crippen molar-refractivity contribution in [3.8, 4) is 17.0 Å². The molecule has 2 saturated heterocycles. The molecule has 0 bridgehead atoms. The number of nitrogens with two attached hydrogens (primary N) is 1. The number of nitrogens with one attached hydrogen (secondary N) is 1. The van der Waals surface area contributed by atoms with E-state index in [9.17, 15) is 17.2 Å². The number of methoxy groups -OCH3 is 1. The van der Waals surface area contributed by atoms with Gasteiger partial charge in [0, 0.05) is 43.1 Å². The molecule has 2 aliphatic heterocycles. The number of likely N-dealkylation sites (tertiary alicyclic amines) is 1. The lowest BCUT2D eigenvalue weighted by Gasteiger charge is -2.45. The number of fused-ring (bicyclic) bond motifs is 1. The number of aromatic nitrogens is 3. The smallest absolute Gasteiger partial charge is 0.264 e. The number of rotatable bonds is 8. The Morgan fingerprint density at radius 3 is 2.55 bits per heavy atom. The highest BCUT2D eigenvalue weighted by atomic mass is 32.2. The average molecular weight is 599 g/mol. The van der Waals surface area contributed by atoms with Crippen molar-refractivity contribution in [3.05, 3.63) is 60.3 Å². The second-order valence-corrected chi connectivity index (χ2v) is 12.4. The van der Waals surface area contributed by atoms with Gasteiger partial charge in [-0.05, 0) is 74.7 Å². The summed E-state index contributed by atoms with van der Waals surface area (Å²) in [5.41, 5.74) is 9.32. The first-order valence-corrected chi connectivity index (χ1v) is 15.3. The molecular weight excluding hydrogens is 566 g/mol. The quantitative estimate of drug-likeness (QED) is 0.306. The molecular formula is C29H32F2N6O4S. The van der Waals surface area contributed by atoms with Crippen LogP contribution in [-0.4, -0.2) is 66.8 Å². The number of pyridine rings is 1. The molecule has 3 N–H and O–H groups in total. The second kappa shape index (κ2) is 11.1. The van der Waals surface area contributed by atoms with E-state index < -0.39 is 26.6 Å². The molecule has 0 spiro atoms. The van der Waals surface area contributed by atoms with Crippen LogP contribution in [-0.2, 0) is 21.3 Å². The largest absolute Gasteiger partial charge is 0.480 e. The van der Waals surface area contributed by atoms with Crippen molar-refractivity contribution in [3.63, 3.8) is 0 Å². The van der Waals surface area contributed by atoms with Gasteiger partial charge < -0.3 is 19.8 Å². The Balaban J connectivity index is 1.36. The average Bonchev–Trinajstić information content (AvgIpc) is 3.62. The zero-order valence-corrected chi connectivity index (χ0v) is 24.0. The summed E-state index contributed by atoms with van der Waals surface area (Å²) in [7, 11) is -3.07. The number of benzene rings is 2. The summed E-state index contributed by atoms with van der Waals surface area (Å²) in [4.78, 5) is 10.8. The minimum absolute atomic E-state index is 0.00188. The number of sulfonamides is 1. The van der Waals surface area contributed by atoms with Gasteiger partial charge in [-0.3, -0.25) is 9.62 Å². The number of nitrogen functional groups attached to an aromatic ring is 1. The highest BCUT2D eigenvalue weighted by Gasteiger charge is 2.40. The van der Waals surface area contributed by atoms with Gasteiger partial charge >= 0.3 is 0 Å². The SMILES string of the molecule is COc1ncc(-c2ccc3nc(N)n(CC4(N5CCCC5)CCOCC4)c3c2)cc1NS(=O)(=O)c1ccc(F)cc1F. The molecule has 222 valence electrons. The number of halogens is 2. The zero-order chi connectivity index (χ0) is 29.5. The van der Waals surface area contributed by atoms with Crippen LogP contribution in [0.5, 0.6) is 5.88 Å². The molecule has 2 aliphatic rings. The standard InChI is InChI=1S/C29H32F2N6O4S/c1-40-27-24(35-42(38,39)26-7-5-21(30)16-22(26)31)14-20(17-33-27)19-4-6-23-25(15-19)37(28(32)34-23)18-29(8-12-41-13-9-29)36-10-2-3-11-36/h4-7,14-17,35H,2-3,8-13,18H2,1H3,(H2,32,34). The van der Waals surface area contributed by atoms with E-state index in [-0.39, 0.29) is 17.1 Å². The lowest BCUT2D eigenvalue weighted by atomic mass is 9.87. The van der Waals surface area contributed by atoms with Crippen molar-refractivity contribution in [2.24, 2.45) is 0 Å². The first-order valence-electron chi connectivity index (χ1n) is 13.8. The van der Waals surface area contributed by atoms with E-state index in [2.05, 4.69) is 24.2 Å². The van der Waals surface area contributed by atoms with Gasteiger partial charge in [-0.15, -0.1) is 0 Å². The van der Waals surface area contributed by atoms with E-state index >= 15 is 0 Å². The fraction of sp³-hybridized carbons (Fsp3) is 0.379. The van der Waals surface area contributed by atoms with E-state index in [0.29, 0.717) is 37.3 Å². The van der Waals surface area contributed by atoms with Crippen molar-refractivity contribution in [2.45, 2.75) is 42.7 Å². The molecule has 0 radical (unpaired) electrons. The van der Waals surface area contributed by atoms with Gasteiger partial charge in [0.2, 0.25) is 11.8 Å². The summed E-state index contributed by atoms with van der Waals surface area (Å²) in [5.74, 6) is -1.67. The molecule has 2 aromatic heterocycles. The normalized spacial score (nSPS) is 17.5. The number of hydrogen-bond donors (Lipinski definition) is 2. The number of hydrogen-bond acceptors (Lipinski definition) is 8. The molecule has 2 aromatic carbocycles. The Morgan fingerprint density at radius 2 is 1.83 bits per heavy atom. The van der Waals surface area contributed by atoms with Crippen LogP contribution in [0.15, 0.2) is 53.6 Å². The van der Waals surface area contributed by atoms with Crippen LogP contribution >= 0.6 is 0 Å². The summed E-state index contributed by atoms with van der Waals surface area (Å²) >= 11 is 0. The summed E-state index contributed by atoms with van der Waals surface area (Å²) in [6.07, 6.45) is 5.73. The molecule has 0 aliphatic carbocycles. The first kappa shape index (κ1) is 28.3. The third kappa shape index (κ3) is 5.27. The second-order valence-electron chi connectivity index (χ2n) is 10.8. The topological polar surface area (TPSA) is 125 Å². The Labute approximate surface area is 242 Å². The Morgan fingerprint density at radius 1 is 1.07 bits per heavy atom. The van der Waals surface area contributed by atoms with Crippen molar-refractivity contribution >= 4 is 32.7 Å². The van der Waals surface area contributed by atoms with Crippen LogP contribution in [0.1, 0.15) is 25.7 Å². The van der Waals surface area contributed by atoms with E-state index in [1.807, 2.05) is 18.2 Å². The number of imidazole rings is 1. The van der Waals surface area contributed by atoms with Gasteiger partial charge in [-0.25, -0.2) is 27.2 Å². The maximum Gasteiger partial charge on any atom is 0.264 e. The zero-order valence-electron chi connectivity index (χ0n) is 23.1. The molecule has 13 heteroatoms. The first-order chi connectivity index (χ1) is 20.2. The van der Waals surface area contributed by atoms with E-state index in [1.165, 1.54) is 20.0 Å². The van der Waals surface area contributed by atoms with Gasteiger partial charge in [0.05, 0.1) is 18.1 Å². The van der Waals surface area contributed by atoms with Crippen molar-refractivity contribution in [1.29, 1.82) is 0 Å². The fourth-order valence-electron chi connectivity index (χ4n) is 6.04. The molecule has 6 rings (SSSR count). The van der Waals surface area contributed by atoms with E-state index in [1.54, 1.807) is 12.3 Å². The summed E-state index contributed by atoms with van der Waals surface area (Å²) in [5, 5.41) is 0. The minimum Gasteiger partial charge on any atom is -0.480 e. The van der Waals surface area contributed by atoms with Gasteiger partial charge in [-0.2, -0.15) is 0 Å². The van der Waals surface area contributed by atoms with Crippen molar-refractivity contribution in [1.82, 2.24) is 19.4 Å². The van der Waals surface area contributed by atoms with Crippen LogP contribution < -0.4 is 15.2 Å². The fourth-order valence-corrected chi connectivity index (χ4v) is 7.15. The Bertz CT molecular complexity index is 1730. The molecule has 4 heterocycles. The molecule has 0 atom stereocenters. The van der Waals surface area contributed by atoms with Gasteiger partial charge in [0.1, 0.15) is 22.2 Å². The minimum atomic E-state index is -4.42. The van der Waals surface area contributed by atoms with Crippen LogP contribution in [0, 0.1) is 11.6 Å². The Kier molecular flexibility index (Phi) is 7.50. The third-order valence-electron chi connectivity index (χ3n) is 8.24. The summed E-state index contributed by atoms with van der Waals surface area (Å²) in [6, 6.07) is 9.48. The van der Waals surface area contributed by atoms with Crippen LogP contribution in [0.3, 0.4) is 0 Å². The molecule has 0 unspecified atom stereocenters. The molecule has 42 heavy (non-hydrogen) atoms. The van der Waals surface area contributed by atoms with Crippen LogP contribution in [0.4, 0.5) is 20.4 Å². The van der Waals surface area contributed by atoms with Gasteiger partial charge in [0.25, 0.3) is 10.0 Å². The van der Waals surface area contributed by atoms with Crippen molar-refractivity contribution < 1.29 is 26.7 Å². The maximum absolute atomic E-state index is 14.3. The molecule has 2 fully saturated rings. The van der Waals surface area contributed by atoms with Crippen molar-refractivity contribution in [2.75, 3.05) is 43.9 Å². The lowest BCUT2D eigenvalue weighted by Crippen LogP contribution is -2.53. The summed E-state index contributed by atoms with van der Waals surface area (Å²) < 4.78 is 69.1. The van der Waals surface area contributed by atoms with Crippen LogP contribution in [0.2, 0.25) is 0 Å². The van der Waals surface area contributed by atoms with E-state index in [0.717, 1.165) is 54.7 Å². The predicted molar refractivity (Wildman–Crippen MR) is 155 cm³/mol. The third-order valence-corrected chi connectivity index (χ3v) is 9.63. The van der Waals surface area contributed by atoms with Crippen LogP contribution in [0.25, 0.3) is 22.2 Å². The predicted octanol–water partition coefficient (Wildman–Crippen LogP) is 4.41. The summed E-state index contributed by atoms with van der Waals surface area (Å²) in [6.45, 7) is 4.18. The Hall–Kier alpha value is -3.81. The number of ether oxygens (including phenoxy) is 2. The highest BCUT2D eigenvalue weighted by molar-refractivity contribution is 7.92. The molecule has 4 aromatic rings. The van der Waals surface area contributed by atoms with E-state index in [4.69, 9.17) is 15.2 Å².